The normalized spacial score (nSPS) is 17.6. The van der Waals surface area contributed by atoms with E-state index in [0.29, 0.717) is 42.3 Å². The zero-order chi connectivity index (χ0) is 14.5. The number of nitrogens with zero attached hydrogens (tertiary/aromatic N) is 1. The van der Waals surface area contributed by atoms with Gasteiger partial charge in [0.2, 0.25) is 0 Å². The average molecular weight is 297 g/mol. The van der Waals surface area contributed by atoms with Crippen LogP contribution >= 0.6 is 0 Å². The maximum Gasteiger partial charge on any atom is 0.328 e. The molecule has 0 atom stereocenters. The molecule has 1 saturated heterocycles. The Labute approximate surface area is 119 Å². The molecule has 0 aromatic heterocycles. The Morgan fingerprint density at radius 1 is 1.40 bits per heavy atom. The molecule has 1 aliphatic heterocycles. The Bertz CT molecular complexity index is 549. The van der Waals surface area contributed by atoms with Crippen LogP contribution in [0.1, 0.15) is 11.1 Å². The molecule has 4 nitrogen and oxygen atoms in total. The minimum absolute atomic E-state index is 0.343. The molecule has 0 bridgehead atoms. The van der Waals surface area contributed by atoms with E-state index in [1.54, 1.807) is 12.1 Å². The molecule has 1 N–H and O–H groups in total. The summed E-state index contributed by atoms with van der Waals surface area (Å²) in [6.07, 6.45) is 2.34. The highest BCUT2D eigenvalue weighted by molar-refractivity contribution is 7.85. The highest BCUT2D eigenvalue weighted by Crippen LogP contribution is 2.15. The molecule has 1 aromatic carbocycles. The zero-order valence-corrected chi connectivity index (χ0v) is 11.7. The topological polar surface area (TPSA) is 57.6 Å². The van der Waals surface area contributed by atoms with Gasteiger partial charge in [0.1, 0.15) is 5.82 Å². The molecule has 108 valence electrons. The maximum atomic E-state index is 13.9. The van der Waals surface area contributed by atoms with E-state index < -0.39 is 16.8 Å². The first-order valence-electron chi connectivity index (χ1n) is 6.31. The van der Waals surface area contributed by atoms with Crippen molar-refractivity contribution in [1.29, 1.82) is 0 Å². The number of hydrogen-bond donors (Lipinski definition) is 1. The molecule has 20 heavy (non-hydrogen) atoms. The average Bonchev–Trinajstić information content (AvgIpc) is 2.41. The van der Waals surface area contributed by atoms with Crippen LogP contribution in [0.5, 0.6) is 0 Å². The number of carbonyl (C=O) groups is 1. The van der Waals surface area contributed by atoms with Gasteiger partial charge < -0.3 is 5.11 Å². The summed E-state index contributed by atoms with van der Waals surface area (Å²) in [6.45, 7) is 1.92. The van der Waals surface area contributed by atoms with Gasteiger partial charge in [-0.15, -0.1) is 0 Å². The van der Waals surface area contributed by atoms with Crippen LogP contribution in [-0.2, 0) is 22.1 Å². The lowest BCUT2D eigenvalue weighted by Crippen LogP contribution is -2.37. The SMILES string of the molecule is O=C(O)C=Cc1ccc(CN2CCS(=O)CC2)c(F)c1. The fourth-order valence-corrected chi connectivity index (χ4v) is 3.17. The Morgan fingerprint density at radius 2 is 2.10 bits per heavy atom. The first-order chi connectivity index (χ1) is 9.54. The molecule has 1 heterocycles. The van der Waals surface area contributed by atoms with E-state index in [2.05, 4.69) is 4.90 Å². The Morgan fingerprint density at radius 3 is 2.70 bits per heavy atom. The van der Waals surface area contributed by atoms with Crippen LogP contribution in [0.2, 0.25) is 0 Å². The van der Waals surface area contributed by atoms with Crippen molar-refractivity contribution in [3.05, 3.63) is 41.2 Å². The van der Waals surface area contributed by atoms with E-state index in [9.17, 15) is 13.4 Å². The number of aliphatic carboxylic acids is 1. The van der Waals surface area contributed by atoms with Crippen molar-refractivity contribution >= 4 is 22.8 Å². The third-order valence-corrected chi connectivity index (χ3v) is 4.44. The van der Waals surface area contributed by atoms with Crippen LogP contribution in [0.3, 0.4) is 0 Å². The van der Waals surface area contributed by atoms with Crippen molar-refractivity contribution in [3.63, 3.8) is 0 Å². The summed E-state index contributed by atoms with van der Waals surface area (Å²) in [6, 6.07) is 4.69. The summed E-state index contributed by atoms with van der Waals surface area (Å²) in [5, 5.41) is 8.52. The second-order valence-corrected chi connectivity index (χ2v) is 6.34. The molecule has 1 aromatic rings. The number of halogens is 1. The Hall–Kier alpha value is -1.53. The van der Waals surface area contributed by atoms with E-state index in [0.717, 1.165) is 6.08 Å². The monoisotopic (exact) mass is 297 g/mol. The largest absolute Gasteiger partial charge is 0.478 e. The fraction of sp³-hybridized carbons (Fsp3) is 0.357. The van der Waals surface area contributed by atoms with E-state index in [4.69, 9.17) is 5.11 Å². The quantitative estimate of drug-likeness (QED) is 0.856. The third-order valence-electron chi connectivity index (χ3n) is 3.16. The van der Waals surface area contributed by atoms with E-state index in [-0.39, 0.29) is 5.82 Å². The smallest absolute Gasteiger partial charge is 0.328 e. The van der Waals surface area contributed by atoms with Gasteiger partial charge in [-0.3, -0.25) is 9.11 Å². The van der Waals surface area contributed by atoms with E-state index >= 15 is 0 Å². The van der Waals surface area contributed by atoms with Crippen molar-refractivity contribution in [3.8, 4) is 0 Å². The molecule has 1 aliphatic rings. The number of benzene rings is 1. The summed E-state index contributed by atoms with van der Waals surface area (Å²) in [5.74, 6) is -0.123. The Kier molecular flexibility index (Phi) is 5.03. The van der Waals surface area contributed by atoms with Gasteiger partial charge in [-0.2, -0.15) is 0 Å². The van der Waals surface area contributed by atoms with Crippen molar-refractivity contribution in [2.75, 3.05) is 24.6 Å². The van der Waals surface area contributed by atoms with Gasteiger partial charge in [0.15, 0.2) is 0 Å². The van der Waals surface area contributed by atoms with Gasteiger partial charge in [-0.1, -0.05) is 12.1 Å². The third kappa shape index (κ3) is 4.25. The van der Waals surface area contributed by atoms with Crippen LogP contribution < -0.4 is 0 Å². The fourth-order valence-electron chi connectivity index (χ4n) is 2.04. The molecule has 0 unspecified atom stereocenters. The van der Waals surface area contributed by atoms with Crippen LogP contribution in [0.15, 0.2) is 24.3 Å². The van der Waals surface area contributed by atoms with E-state index in [1.807, 2.05) is 0 Å². The van der Waals surface area contributed by atoms with Gasteiger partial charge >= 0.3 is 5.97 Å². The van der Waals surface area contributed by atoms with Crippen molar-refractivity contribution < 1.29 is 18.5 Å². The van der Waals surface area contributed by atoms with Crippen molar-refractivity contribution in [2.24, 2.45) is 0 Å². The van der Waals surface area contributed by atoms with Gasteiger partial charge in [-0.25, -0.2) is 9.18 Å². The van der Waals surface area contributed by atoms with E-state index in [1.165, 1.54) is 12.1 Å². The molecule has 0 amide bonds. The number of rotatable bonds is 4. The molecule has 6 heteroatoms. The zero-order valence-electron chi connectivity index (χ0n) is 10.9. The Balaban J connectivity index is 2.02. The van der Waals surface area contributed by atoms with Gasteiger partial charge in [0.05, 0.1) is 0 Å². The summed E-state index contributed by atoms with van der Waals surface area (Å²) in [7, 11) is -0.735. The summed E-state index contributed by atoms with van der Waals surface area (Å²) in [5.41, 5.74) is 1.10. The number of carboxylic acid groups (broad SMARTS) is 1. The molecular formula is C14H16FNO3S. The van der Waals surface area contributed by atoms with Crippen LogP contribution in [0.25, 0.3) is 6.08 Å². The van der Waals surface area contributed by atoms with Crippen LogP contribution in [-0.4, -0.2) is 44.8 Å². The molecule has 0 spiro atoms. The number of hydrogen-bond acceptors (Lipinski definition) is 3. The minimum Gasteiger partial charge on any atom is -0.478 e. The standard InChI is InChI=1S/C14H16FNO3S/c15-13-9-11(2-4-14(17)18)1-3-12(13)10-16-5-7-20(19)8-6-16/h1-4,9H,5-8,10H2,(H,17,18). The van der Waals surface area contributed by atoms with Crippen molar-refractivity contribution in [1.82, 2.24) is 4.90 Å². The molecule has 1 fully saturated rings. The highest BCUT2D eigenvalue weighted by atomic mass is 32.2. The molecule has 0 saturated carbocycles. The number of carboxylic acids is 1. The molecule has 0 aliphatic carbocycles. The predicted molar refractivity (Wildman–Crippen MR) is 76.2 cm³/mol. The van der Waals surface area contributed by atoms with Gasteiger partial charge in [0, 0.05) is 53.6 Å². The second kappa shape index (κ2) is 6.76. The molecule has 0 radical (unpaired) electrons. The highest BCUT2D eigenvalue weighted by Gasteiger charge is 2.16. The lowest BCUT2D eigenvalue weighted by atomic mass is 10.1. The van der Waals surface area contributed by atoms with Crippen LogP contribution in [0.4, 0.5) is 4.39 Å². The second-order valence-electron chi connectivity index (χ2n) is 4.65. The molecular weight excluding hydrogens is 281 g/mol. The summed E-state index contributed by atoms with van der Waals surface area (Å²) in [4.78, 5) is 12.5. The lowest BCUT2D eigenvalue weighted by Gasteiger charge is -2.26. The predicted octanol–water partition coefficient (Wildman–Crippen LogP) is 1.49. The lowest BCUT2D eigenvalue weighted by molar-refractivity contribution is -0.131. The van der Waals surface area contributed by atoms with Crippen LogP contribution in [0, 0.1) is 5.82 Å². The summed E-state index contributed by atoms with van der Waals surface area (Å²) >= 11 is 0. The van der Waals surface area contributed by atoms with Gasteiger partial charge in [0.25, 0.3) is 0 Å². The molecule has 2 rings (SSSR count). The first kappa shape index (κ1) is 14.9. The minimum atomic E-state index is -1.06. The van der Waals surface area contributed by atoms with Crippen molar-refractivity contribution in [2.45, 2.75) is 6.54 Å². The van der Waals surface area contributed by atoms with Gasteiger partial charge in [-0.05, 0) is 17.7 Å². The summed E-state index contributed by atoms with van der Waals surface area (Å²) < 4.78 is 25.2. The first-order valence-corrected chi connectivity index (χ1v) is 7.80. The maximum absolute atomic E-state index is 13.9.